The predicted molar refractivity (Wildman–Crippen MR) is 47.0 cm³/mol. The van der Waals surface area contributed by atoms with E-state index in [1.54, 1.807) is 0 Å². The summed E-state index contributed by atoms with van der Waals surface area (Å²) in [5.41, 5.74) is 0. The van der Waals surface area contributed by atoms with Gasteiger partial charge in [0.1, 0.15) is 0 Å². The summed E-state index contributed by atoms with van der Waals surface area (Å²) in [7, 11) is 0. The van der Waals surface area contributed by atoms with Crippen molar-refractivity contribution in [2.24, 2.45) is 5.92 Å². The molecule has 1 aliphatic carbocycles. The van der Waals surface area contributed by atoms with E-state index in [4.69, 9.17) is 10.4 Å². The Labute approximate surface area is 76.9 Å². The number of rotatable bonds is 2. The van der Waals surface area contributed by atoms with E-state index < -0.39 is 6.09 Å². The van der Waals surface area contributed by atoms with Gasteiger partial charge in [-0.2, -0.15) is 5.26 Å². The number of amides is 1. The quantitative estimate of drug-likeness (QED) is 0.632. The van der Waals surface area contributed by atoms with Crippen molar-refractivity contribution in [3.63, 3.8) is 0 Å². The molecule has 4 nitrogen and oxygen atoms in total. The second-order valence-corrected chi connectivity index (χ2v) is 3.21. The first-order chi connectivity index (χ1) is 6.22. The normalized spacial score (nSPS) is 27.3. The first kappa shape index (κ1) is 9.59. The van der Waals surface area contributed by atoms with Gasteiger partial charge in [0.25, 0.3) is 0 Å². The molecule has 1 fully saturated rings. The summed E-state index contributed by atoms with van der Waals surface area (Å²) in [5.74, 6) is 0.358. The maximum absolute atomic E-state index is 10.3. The summed E-state index contributed by atoms with van der Waals surface area (Å²) in [5, 5.41) is 19.2. The average molecular weight is 180 g/mol. The van der Waals surface area contributed by atoms with Crippen molar-refractivity contribution in [3.8, 4) is 6.07 Å². The number of carboxylic acid groups (broad SMARTS) is 1. The molecule has 0 aromatic carbocycles. The molecule has 2 atom stereocenters. The fraction of sp³-hybridized carbons (Fsp3) is 0.556. The first-order valence-corrected chi connectivity index (χ1v) is 4.28. The number of hydrogen-bond donors (Lipinski definition) is 2. The summed E-state index contributed by atoms with van der Waals surface area (Å²) in [6, 6.07) is 1.99. The molecule has 2 unspecified atom stereocenters. The lowest BCUT2D eigenvalue weighted by atomic mass is 10.1. The summed E-state index contributed by atoms with van der Waals surface area (Å²) in [6.07, 6.45) is 4.99. The minimum atomic E-state index is -0.963. The Morgan fingerprint density at radius 1 is 1.62 bits per heavy atom. The van der Waals surface area contributed by atoms with Crippen LogP contribution >= 0.6 is 0 Å². The molecule has 0 aliphatic heterocycles. The van der Waals surface area contributed by atoms with Gasteiger partial charge in [-0.25, -0.2) is 4.79 Å². The Kier molecular flexibility index (Phi) is 3.32. The van der Waals surface area contributed by atoms with E-state index in [0.29, 0.717) is 5.92 Å². The van der Waals surface area contributed by atoms with E-state index in [9.17, 15) is 4.79 Å². The molecule has 1 saturated carbocycles. The van der Waals surface area contributed by atoms with Gasteiger partial charge in [0, 0.05) is 12.1 Å². The second kappa shape index (κ2) is 4.51. The SMILES string of the molecule is N#CC=CC1CCC(NC(=O)O)C1. The molecule has 0 heterocycles. The van der Waals surface area contributed by atoms with E-state index in [1.807, 2.05) is 12.1 Å². The van der Waals surface area contributed by atoms with Gasteiger partial charge in [-0.15, -0.1) is 0 Å². The van der Waals surface area contributed by atoms with Gasteiger partial charge in [0.2, 0.25) is 0 Å². The average Bonchev–Trinajstić information content (AvgIpc) is 2.48. The van der Waals surface area contributed by atoms with Crippen LogP contribution in [0, 0.1) is 17.2 Å². The van der Waals surface area contributed by atoms with Crippen LogP contribution in [0.5, 0.6) is 0 Å². The van der Waals surface area contributed by atoms with E-state index in [1.165, 1.54) is 6.08 Å². The summed E-state index contributed by atoms with van der Waals surface area (Å²) in [4.78, 5) is 10.3. The van der Waals surface area contributed by atoms with Gasteiger partial charge < -0.3 is 10.4 Å². The highest BCUT2D eigenvalue weighted by atomic mass is 16.4. The lowest BCUT2D eigenvalue weighted by Crippen LogP contribution is -2.31. The van der Waals surface area contributed by atoms with Crippen molar-refractivity contribution in [1.82, 2.24) is 5.32 Å². The predicted octanol–water partition coefficient (Wildman–Crippen LogP) is 1.50. The number of nitrogens with one attached hydrogen (secondary N) is 1. The fourth-order valence-electron chi connectivity index (χ4n) is 1.68. The highest BCUT2D eigenvalue weighted by Crippen LogP contribution is 2.26. The molecule has 4 heteroatoms. The third-order valence-corrected chi connectivity index (χ3v) is 2.24. The molecule has 2 N–H and O–H groups in total. The maximum atomic E-state index is 10.3. The molecule has 0 aromatic heterocycles. The van der Waals surface area contributed by atoms with Gasteiger partial charge in [-0.05, 0) is 25.2 Å². The van der Waals surface area contributed by atoms with Crippen LogP contribution in [0.1, 0.15) is 19.3 Å². The molecule has 70 valence electrons. The van der Waals surface area contributed by atoms with Crippen LogP contribution in [-0.2, 0) is 0 Å². The summed E-state index contributed by atoms with van der Waals surface area (Å²) in [6.45, 7) is 0. The topological polar surface area (TPSA) is 73.1 Å². The molecule has 1 amide bonds. The Hall–Kier alpha value is -1.50. The van der Waals surface area contributed by atoms with Gasteiger partial charge in [-0.3, -0.25) is 0 Å². The molecule has 0 saturated heterocycles. The smallest absolute Gasteiger partial charge is 0.404 e. The minimum absolute atomic E-state index is 0.0610. The van der Waals surface area contributed by atoms with Crippen LogP contribution in [0.4, 0.5) is 4.79 Å². The third-order valence-electron chi connectivity index (χ3n) is 2.24. The largest absolute Gasteiger partial charge is 0.465 e. The van der Waals surface area contributed by atoms with Crippen molar-refractivity contribution >= 4 is 6.09 Å². The fourth-order valence-corrected chi connectivity index (χ4v) is 1.68. The number of allylic oxidation sites excluding steroid dienone is 2. The van der Waals surface area contributed by atoms with E-state index in [0.717, 1.165) is 19.3 Å². The van der Waals surface area contributed by atoms with Crippen LogP contribution in [0.3, 0.4) is 0 Å². The Morgan fingerprint density at radius 3 is 3.00 bits per heavy atom. The zero-order valence-electron chi connectivity index (χ0n) is 7.23. The number of nitriles is 1. The van der Waals surface area contributed by atoms with E-state index in [-0.39, 0.29) is 6.04 Å². The Balaban J connectivity index is 2.32. The molecular weight excluding hydrogens is 168 g/mol. The molecule has 0 spiro atoms. The Morgan fingerprint density at radius 2 is 2.38 bits per heavy atom. The molecular formula is C9H12N2O2. The molecule has 0 bridgehead atoms. The summed E-state index contributed by atoms with van der Waals surface area (Å²) < 4.78 is 0. The van der Waals surface area contributed by atoms with Crippen molar-refractivity contribution in [2.75, 3.05) is 0 Å². The molecule has 1 rings (SSSR count). The van der Waals surface area contributed by atoms with Crippen LogP contribution in [0.15, 0.2) is 12.2 Å². The van der Waals surface area contributed by atoms with E-state index in [2.05, 4.69) is 5.32 Å². The standard InChI is InChI=1S/C9H12N2O2/c10-5-1-2-7-3-4-8(6-7)11-9(12)13/h1-2,7-8,11H,3-4,6H2,(H,12,13). The lowest BCUT2D eigenvalue weighted by Gasteiger charge is -2.07. The first-order valence-electron chi connectivity index (χ1n) is 4.28. The number of nitrogens with zero attached hydrogens (tertiary/aromatic N) is 1. The van der Waals surface area contributed by atoms with Crippen molar-refractivity contribution in [1.29, 1.82) is 5.26 Å². The molecule has 0 radical (unpaired) electrons. The highest BCUT2D eigenvalue weighted by Gasteiger charge is 2.23. The van der Waals surface area contributed by atoms with Crippen molar-refractivity contribution in [2.45, 2.75) is 25.3 Å². The third kappa shape index (κ3) is 3.16. The zero-order valence-corrected chi connectivity index (χ0v) is 7.23. The van der Waals surface area contributed by atoms with Crippen LogP contribution in [0.2, 0.25) is 0 Å². The minimum Gasteiger partial charge on any atom is -0.465 e. The molecule has 1 aliphatic rings. The zero-order chi connectivity index (χ0) is 9.68. The van der Waals surface area contributed by atoms with Crippen LogP contribution < -0.4 is 5.32 Å². The number of carbonyl (C=O) groups is 1. The van der Waals surface area contributed by atoms with Gasteiger partial charge in [0.15, 0.2) is 0 Å². The van der Waals surface area contributed by atoms with Crippen LogP contribution in [-0.4, -0.2) is 17.2 Å². The second-order valence-electron chi connectivity index (χ2n) is 3.21. The van der Waals surface area contributed by atoms with Gasteiger partial charge in [0.05, 0.1) is 6.07 Å². The Bertz CT molecular complexity index is 255. The lowest BCUT2D eigenvalue weighted by molar-refractivity contribution is 0.190. The summed E-state index contributed by atoms with van der Waals surface area (Å²) >= 11 is 0. The number of hydrogen-bond acceptors (Lipinski definition) is 2. The van der Waals surface area contributed by atoms with Gasteiger partial charge in [-0.1, -0.05) is 6.08 Å². The monoisotopic (exact) mass is 180 g/mol. The van der Waals surface area contributed by atoms with E-state index >= 15 is 0 Å². The molecule has 13 heavy (non-hydrogen) atoms. The maximum Gasteiger partial charge on any atom is 0.404 e. The highest BCUT2D eigenvalue weighted by molar-refractivity contribution is 5.64. The molecule has 0 aromatic rings. The van der Waals surface area contributed by atoms with Crippen molar-refractivity contribution < 1.29 is 9.90 Å². The van der Waals surface area contributed by atoms with Crippen molar-refractivity contribution in [3.05, 3.63) is 12.2 Å². The van der Waals surface area contributed by atoms with Crippen LogP contribution in [0.25, 0.3) is 0 Å². The van der Waals surface area contributed by atoms with Gasteiger partial charge >= 0.3 is 6.09 Å².